The predicted molar refractivity (Wildman–Crippen MR) is 74.1 cm³/mol. The van der Waals surface area contributed by atoms with Gasteiger partial charge in [0.15, 0.2) is 0 Å². The summed E-state index contributed by atoms with van der Waals surface area (Å²) >= 11 is 0. The van der Waals surface area contributed by atoms with Crippen molar-refractivity contribution < 1.29 is 4.79 Å². The number of rotatable bonds is 4. The Morgan fingerprint density at radius 1 is 1.28 bits per heavy atom. The second-order valence-corrected chi connectivity index (χ2v) is 6.79. The Morgan fingerprint density at radius 2 is 2.00 bits per heavy atom. The summed E-state index contributed by atoms with van der Waals surface area (Å²) in [5.41, 5.74) is 6.32. The largest absolute Gasteiger partial charge is 0.356 e. The molecule has 1 amide bonds. The Kier molecular flexibility index (Phi) is 4.66. The summed E-state index contributed by atoms with van der Waals surface area (Å²) in [6.45, 7) is 3.17. The molecule has 3 heteroatoms. The lowest BCUT2D eigenvalue weighted by molar-refractivity contribution is -0.122. The standard InChI is InChI=1S/C15H28N2O/c1-15(7-2-3-8-15)11-17-14(18)10-12-5-4-6-13(16)9-12/h12-13H,2-11,16H2,1H3,(H,17,18). The van der Waals surface area contributed by atoms with Gasteiger partial charge in [0.2, 0.25) is 5.91 Å². The lowest BCUT2D eigenvalue weighted by atomic mass is 9.84. The van der Waals surface area contributed by atoms with Crippen molar-refractivity contribution in [2.45, 2.75) is 70.8 Å². The normalized spacial score (nSPS) is 31.2. The molecule has 0 bridgehead atoms. The van der Waals surface area contributed by atoms with Crippen LogP contribution in [0.2, 0.25) is 0 Å². The molecule has 2 saturated carbocycles. The van der Waals surface area contributed by atoms with Crippen LogP contribution in [0.5, 0.6) is 0 Å². The fourth-order valence-electron chi connectivity index (χ4n) is 3.57. The van der Waals surface area contributed by atoms with Crippen molar-refractivity contribution in [3.05, 3.63) is 0 Å². The molecule has 0 radical (unpaired) electrons. The second-order valence-electron chi connectivity index (χ2n) is 6.79. The Hall–Kier alpha value is -0.570. The van der Waals surface area contributed by atoms with Crippen LogP contribution in [0.1, 0.15) is 64.7 Å². The first-order chi connectivity index (χ1) is 8.57. The van der Waals surface area contributed by atoms with Gasteiger partial charge in [-0.3, -0.25) is 4.79 Å². The van der Waals surface area contributed by atoms with Crippen molar-refractivity contribution in [2.24, 2.45) is 17.1 Å². The van der Waals surface area contributed by atoms with E-state index in [1.165, 1.54) is 38.5 Å². The molecule has 2 fully saturated rings. The van der Waals surface area contributed by atoms with E-state index in [2.05, 4.69) is 12.2 Å². The summed E-state index contributed by atoms with van der Waals surface area (Å²) in [6, 6.07) is 0.323. The SMILES string of the molecule is CC1(CNC(=O)CC2CCCC(N)C2)CCCC1. The van der Waals surface area contributed by atoms with Gasteiger partial charge in [0.1, 0.15) is 0 Å². The van der Waals surface area contributed by atoms with Crippen molar-refractivity contribution in [2.75, 3.05) is 6.54 Å². The molecule has 0 aromatic heterocycles. The molecule has 18 heavy (non-hydrogen) atoms. The molecule has 3 nitrogen and oxygen atoms in total. The monoisotopic (exact) mass is 252 g/mol. The Bertz CT molecular complexity index is 284. The average Bonchev–Trinajstić information content (AvgIpc) is 2.74. The fourth-order valence-corrected chi connectivity index (χ4v) is 3.57. The highest BCUT2D eigenvalue weighted by Crippen LogP contribution is 2.36. The first-order valence-corrected chi connectivity index (χ1v) is 7.60. The molecule has 0 spiro atoms. The van der Waals surface area contributed by atoms with Gasteiger partial charge in [0, 0.05) is 19.0 Å². The highest BCUT2D eigenvalue weighted by molar-refractivity contribution is 5.76. The third-order valence-electron chi connectivity index (χ3n) is 4.82. The molecule has 0 aromatic rings. The van der Waals surface area contributed by atoms with E-state index in [0.717, 1.165) is 19.4 Å². The van der Waals surface area contributed by atoms with E-state index in [1.54, 1.807) is 0 Å². The second kappa shape index (κ2) is 6.05. The summed E-state index contributed by atoms with van der Waals surface area (Å²) in [7, 11) is 0. The third kappa shape index (κ3) is 3.98. The van der Waals surface area contributed by atoms with Crippen LogP contribution in [-0.2, 0) is 4.79 Å². The molecule has 2 atom stereocenters. The van der Waals surface area contributed by atoms with E-state index in [-0.39, 0.29) is 5.91 Å². The van der Waals surface area contributed by atoms with Crippen LogP contribution in [0.4, 0.5) is 0 Å². The summed E-state index contributed by atoms with van der Waals surface area (Å²) in [4.78, 5) is 12.0. The molecule has 0 saturated heterocycles. The van der Waals surface area contributed by atoms with E-state index in [4.69, 9.17) is 5.73 Å². The molecule has 2 unspecified atom stereocenters. The Balaban J connectivity index is 1.68. The van der Waals surface area contributed by atoms with Crippen LogP contribution in [0, 0.1) is 11.3 Å². The fraction of sp³-hybridized carbons (Fsp3) is 0.933. The molecular formula is C15H28N2O. The zero-order valence-electron chi connectivity index (χ0n) is 11.7. The van der Waals surface area contributed by atoms with Crippen LogP contribution in [-0.4, -0.2) is 18.5 Å². The summed E-state index contributed by atoms with van der Waals surface area (Å²) in [5.74, 6) is 0.757. The topological polar surface area (TPSA) is 55.1 Å². The van der Waals surface area contributed by atoms with Crippen molar-refractivity contribution in [3.8, 4) is 0 Å². The number of hydrogen-bond donors (Lipinski definition) is 2. The minimum Gasteiger partial charge on any atom is -0.356 e. The molecule has 104 valence electrons. The number of nitrogens with one attached hydrogen (secondary N) is 1. The number of carbonyl (C=O) groups is 1. The molecule has 2 aliphatic rings. The van der Waals surface area contributed by atoms with E-state index in [0.29, 0.717) is 23.8 Å². The van der Waals surface area contributed by atoms with Gasteiger partial charge in [-0.2, -0.15) is 0 Å². The predicted octanol–water partition coefficient (Wildman–Crippen LogP) is 2.59. The number of carbonyl (C=O) groups excluding carboxylic acids is 1. The maximum Gasteiger partial charge on any atom is 0.220 e. The van der Waals surface area contributed by atoms with E-state index >= 15 is 0 Å². The zero-order valence-corrected chi connectivity index (χ0v) is 11.7. The molecule has 0 aromatic carbocycles. The molecule has 2 rings (SSSR count). The molecule has 0 aliphatic heterocycles. The van der Waals surface area contributed by atoms with Crippen molar-refractivity contribution in [1.29, 1.82) is 0 Å². The Morgan fingerprint density at radius 3 is 2.67 bits per heavy atom. The first kappa shape index (κ1) is 13.9. The van der Waals surface area contributed by atoms with E-state index < -0.39 is 0 Å². The minimum atomic E-state index is 0.238. The lowest BCUT2D eigenvalue weighted by Gasteiger charge is -2.27. The van der Waals surface area contributed by atoms with Crippen LogP contribution >= 0.6 is 0 Å². The number of nitrogens with two attached hydrogens (primary N) is 1. The minimum absolute atomic E-state index is 0.238. The van der Waals surface area contributed by atoms with Crippen LogP contribution in [0.15, 0.2) is 0 Å². The highest BCUT2D eigenvalue weighted by Gasteiger charge is 2.29. The average molecular weight is 252 g/mol. The van der Waals surface area contributed by atoms with Gasteiger partial charge in [-0.05, 0) is 43.4 Å². The molecule has 0 heterocycles. The van der Waals surface area contributed by atoms with Gasteiger partial charge in [-0.15, -0.1) is 0 Å². The van der Waals surface area contributed by atoms with Gasteiger partial charge in [-0.25, -0.2) is 0 Å². The molecular weight excluding hydrogens is 224 g/mol. The van der Waals surface area contributed by atoms with Crippen molar-refractivity contribution in [3.63, 3.8) is 0 Å². The Labute approximate surface area is 111 Å². The highest BCUT2D eigenvalue weighted by atomic mass is 16.1. The van der Waals surface area contributed by atoms with E-state index in [1.807, 2.05) is 0 Å². The van der Waals surface area contributed by atoms with Crippen molar-refractivity contribution >= 4 is 5.91 Å². The maximum absolute atomic E-state index is 12.0. The summed E-state index contributed by atoms with van der Waals surface area (Å²) < 4.78 is 0. The summed E-state index contributed by atoms with van der Waals surface area (Å²) in [5, 5.41) is 3.15. The third-order valence-corrected chi connectivity index (χ3v) is 4.82. The zero-order chi connectivity index (χ0) is 13.0. The smallest absolute Gasteiger partial charge is 0.220 e. The maximum atomic E-state index is 12.0. The molecule has 3 N–H and O–H groups in total. The van der Waals surface area contributed by atoms with Gasteiger partial charge in [0.25, 0.3) is 0 Å². The van der Waals surface area contributed by atoms with Crippen molar-refractivity contribution in [1.82, 2.24) is 5.32 Å². The summed E-state index contributed by atoms with van der Waals surface area (Å²) in [6.07, 6.45) is 10.4. The van der Waals surface area contributed by atoms with Gasteiger partial charge in [0.05, 0.1) is 0 Å². The van der Waals surface area contributed by atoms with Crippen LogP contribution in [0.25, 0.3) is 0 Å². The quantitative estimate of drug-likeness (QED) is 0.808. The first-order valence-electron chi connectivity index (χ1n) is 7.60. The van der Waals surface area contributed by atoms with Crippen LogP contribution in [0.3, 0.4) is 0 Å². The molecule has 2 aliphatic carbocycles. The number of hydrogen-bond acceptors (Lipinski definition) is 2. The lowest BCUT2D eigenvalue weighted by Crippen LogP contribution is -2.36. The van der Waals surface area contributed by atoms with Gasteiger partial charge < -0.3 is 11.1 Å². The van der Waals surface area contributed by atoms with E-state index in [9.17, 15) is 4.79 Å². The van der Waals surface area contributed by atoms with Gasteiger partial charge >= 0.3 is 0 Å². The number of amides is 1. The van der Waals surface area contributed by atoms with Gasteiger partial charge in [-0.1, -0.05) is 26.2 Å². The van der Waals surface area contributed by atoms with Crippen LogP contribution < -0.4 is 11.1 Å².